The lowest BCUT2D eigenvalue weighted by Crippen LogP contribution is -2.19. The van der Waals surface area contributed by atoms with Gasteiger partial charge >= 0.3 is 0 Å². The fourth-order valence-electron chi connectivity index (χ4n) is 2.78. The van der Waals surface area contributed by atoms with E-state index in [-0.39, 0.29) is 5.91 Å². The van der Waals surface area contributed by atoms with E-state index in [1.807, 2.05) is 0 Å². The van der Waals surface area contributed by atoms with Gasteiger partial charge in [-0.25, -0.2) is 0 Å². The molecule has 0 saturated heterocycles. The van der Waals surface area contributed by atoms with Crippen molar-refractivity contribution in [3.63, 3.8) is 0 Å². The fraction of sp³-hybridized carbons (Fsp3) is 0.429. The molecule has 1 amide bonds. The molecule has 0 atom stereocenters. The average Bonchev–Trinajstić information content (AvgIpc) is 2.98. The van der Waals surface area contributed by atoms with Crippen molar-refractivity contribution in [1.29, 1.82) is 0 Å². The van der Waals surface area contributed by atoms with Crippen LogP contribution in [0.3, 0.4) is 0 Å². The van der Waals surface area contributed by atoms with Gasteiger partial charge < -0.3 is 0 Å². The highest BCUT2D eigenvalue weighted by molar-refractivity contribution is 6.37. The van der Waals surface area contributed by atoms with Gasteiger partial charge in [0.25, 0.3) is 5.91 Å². The topological polar surface area (TPSA) is 32.7 Å². The first kappa shape index (κ1) is 12.9. The van der Waals surface area contributed by atoms with Crippen LogP contribution in [0.2, 0.25) is 10.0 Å². The Morgan fingerprint density at radius 2 is 1.95 bits per heavy atom. The maximum Gasteiger partial charge on any atom is 0.253 e. The quantitative estimate of drug-likeness (QED) is 0.802. The van der Waals surface area contributed by atoms with Crippen molar-refractivity contribution in [3.8, 4) is 0 Å². The monoisotopic (exact) mass is 296 g/mol. The maximum atomic E-state index is 12.1. The van der Waals surface area contributed by atoms with E-state index in [4.69, 9.17) is 23.2 Å². The van der Waals surface area contributed by atoms with Gasteiger partial charge in [-0.05, 0) is 37.0 Å². The molecule has 2 aliphatic rings. The number of hydrogen-bond acceptors (Lipinski definition) is 2. The van der Waals surface area contributed by atoms with E-state index < -0.39 is 0 Å². The van der Waals surface area contributed by atoms with Gasteiger partial charge in [0.15, 0.2) is 0 Å². The number of amides is 1. The number of carbonyl (C=O) groups is 1. The van der Waals surface area contributed by atoms with Crippen molar-refractivity contribution < 1.29 is 4.79 Å². The SMILES string of the molecule is O=C1CC(C2CCCC2)=NN1c1ccc(Cl)cc1Cl. The number of nitrogens with zero attached hydrogens (tertiary/aromatic N) is 2. The van der Waals surface area contributed by atoms with Crippen molar-refractivity contribution in [2.75, 3.05) is 5.01 Å². The number of hydrazone groups is 1. The summed E-state index contributed by atoms with van der Waals surface area (Å²) in [5, 5.41) is 6.92. The Kier molecular flexibility index (Phi) is 3.50. The van der Waals surface area contributed by atoms with Crippen LogP contribution in [-0.4, -0.2) is 11.6 Å². The van der Waals surface area contributed by atoms with E-state index in [0.29, 0.717) is 28.1 Å². The molecule has 19 heavy (non-hydrogen) atoms. The zero-order chi connectivity index (χ0) is 13.4. The summed E-state index contributed by atoms with van der Waals surface area (Å²) in [6.07, 6.45) is 5.19. The summed E-state index contributed by atoms with van der Waals surface area (Å²) in [4.78, 5) is 12.1. The van der Waals surface area contributed by atoms with Crippen LogP contribution < -0.4 is 5.01 Å². The molecule has 1 saturated carbocycles. The average molecular weight is 297 g/mol. The molecular formula is C14H14Cl2N2O. The lowest BCUT2D eigenvalue weighted by molar-refractivity contribution is -0.116. The lowest BCUT2D eigenvalue weighted by atomic mass is 10.00. The Labute approximate surface area is 122 Å². The molecule has 5 heteroatoms. The van der Waals surface area contributed by atoms with Gasteiger partial charge in [-0.15, -0.1) is 0 Å². The van der Waals surface area contributed by atoms with Gasteiger partial charge in [-0.3, -0.25) is 4.79 Å². The number of halogens is 2. The molecule has 0 bridgehead atoms. The zero-order valence-corrected chi connectivity index (χ0v) is 11.9. The molecule has 0 N–H and O–H groups in total. The lowest BCUT2D eigenvalue weighted by Gasteiger charge is -2.13. The van der Waals surface area contributed by atoms with Crippen LogP contribution >= 0.6 is 23.2 Å². The van der Waals surface area contributed by atoms with Crippen LogP contribution in [0.25, 0.3) is 0 Å². The molecule has 1 aromatic rings. The van der Waals surface area contributed by atoms with Crippen molar-refractivity contribution in [3.05, 3.63) is 28.2 Å². The molecule has 1 fully saturated rings. The maximum absolute atomic E-state index is 12.1. The first-order valence-corrected chi connectivity index (χ1v) is 7.26. The predicted octanol–water partition coefficient (Wildman–Crippen LogP) is 4.28. The third kappa shape index (κ3) is 2.49. The van der Waals surface area contributed by atoms with E-state index in [0.717, 1.165) is 18.6 Å². The standard InChI is InChI=1S/C14H14Cl2N2O/c15-10-5-6-13(11(16)7-10)18-14(19)8-12(17-18)9-3-1-2-4-9/h5-7,9H,1-4,8H2. The summed E-state index contributed by atoms with van der Waals surface area (Å²) in [5.41, 5.74) is 1.62. The van der Waals surface area contributed by atoms with Gasteiger partial charge in [0.1, 0.15) is 0 Å². The highest BCUT2D eigenvalue weighted by Crippen LogP contribution is 2.34. The molecule has 1 heterocycles. The second kappa shape index (κ2) is 5.14. The normalized spacial score (nSPS) is 20.2. The summed E-state index contributed by atoms with van der Waals surface area (Å²) >= 11 is 12.0. The summed E-state index contributed by atoms with van der Waals surface area (Å²) in [6.45, 7) is 0. The second-order valence-corrected chi connectivity index (χ2v) is 5.89. The van der Waals surface area contributed by atoms with Crippen molar-refractivity contribution in [1.82, 2.24) is 0 Å². The van der Waals surface area contributed by atoms with E-state index in [1.165, 1.54) is 17.9 Å². The highest BCUT2D eigenvalue weighted by atomic mass is 35.5. The Morgan fingerprint density at radius 3 is 2.63 bits per heavy atom. The smallest absolute Gasteiger partial charge is 0.253 e. The predicted molar refractivity (Wildman–Crippen MR) is 78.0 cm³/mol. The molecule has 0 radical (unpaired) electrons. The van der Waals surface area contributed by atoms with Gasteiger partial charge in [0.2, 0.25) is 0 Å². The Hall–Kier alpha value is -1.06. The first-order chi connectivity index (χ1) is 9.15. The molecule has 0 spiro atoms. The summed E-state index contributed by atoms with van der Waals surface area (Å²) in [5.74, 6) is 0.464. The molecule has 1 aliphatic heterocycles. The van der Waals surface area contributed by atoms with Crippen LogP contribution in [0.1, 0.15) is 32.1 Å². The Balaban J connectivity index is 1.89. The molecule has 100 valence electrons. The second-order valence-electron chi connectivity index (χ2n) is 5.05. The Bertz CT molecular complexity index is 550. The third-order valence-corrected chi connectivity index (χ3v) is 4.30. The van der Waals surface area contributed by atoms with Gasteiger partial charge in [-0.1, -0.05) is 36.0 Å². The number of hydrogen-bond donors (Lipinski definition) is 0. The van der Waals surface area contributed by atoms with Crippen molar-refractivity contribution >= 4 is 40.5 Å². The molecule has 1 aliphatic carbocycles. The van der Waals surface area contributed by atoms with Crippen LogP contribution in [0.4, 0.5) is 5.69 Å². The van der Waals surface area contributed by atoms with E-state index in [9.17, 15) is 4.79 Å². The molecule has 1 aromatic carbocycles. The number of benzene rings is 1. The number of carbonyl (C=O) groups excluding carboxylic acids is 1. The molecule has 3 nitrogen and oxygen atoms in total. The largest absolute Gasteiger partial charge is 0.272 e. The van der Waals surface area contributed by atoms with E-state index in [2.05, 4.69) is 5.10 Å². The minimum Gasteiger partial charge on any atom is -0.272 e. The summed E-state index contributed by atoms with van der Waals surface area (Å²) < 4.78 is 0. The molecule has 3 rings (SSSR count). The van der Waals surface area contributed by atoms with Gasteiger partial charge in [-0.2, -0.15) is 10.1 Å². The number of anilines is 1. The van der Waals surface area contributed by atoms with Crippen molar-refractivity contribution in [2.45, 2.75) is 32.1 Å². The molecular weight excluding hydrogens is 283 g/mol. The first-order valence-electron chi connectivity index (χ1n) is 6.50. The van der Waals surface area contributed by atoms with Crippen LogP contribution in [0, 0.1) is 5.92 Å². The minimum atomic E-state index is -0.00822. The summed E-state index contributed by atoms with van der Waals surface area (Å²) in [7, 11) is 0. The van der Waals surface area contributed by atoms with Gasteiger partial charge in [0.05, 0.1) is 22.8 Å². The van der Waals surface area contributed by atoms with E-state index in [1.54, 1.807) is 18.2 Å². The Morgan fingerprint density at radius 1 is 1.21 bits per heavy atom. The minimum absolute atomic E-state index is 0.00822. The molecule has 0 unspecified atom stereocenters. The molecule has 0 aromatic heterocycles. The number of rotatable bonds is 2. The third-order valence-electron chi connectivity index (χ3n) is 3.76. The fourth-order valence-corrected chi connectivity index (χ4v) is 3.26. The zero-order valence-electron chi connectivity index (χ0n) is 10.4. The van der Waals surface area contributed by atoms with Crippen LogP contribution in [0.5, 0.6) is 0 Å². The van der Waals surface area contributed by atoms with Gasteiger partial charge in [0, 0.05) is 5.02 Å². The van der Waals surface area contributed by atoms with Crippen molar-refractivity contribution in [2.24, 2.45) is 11.0 Å². The van der Waals surface area contributed by atoms with E-state index >= 15 is 0 Å². The summed E-state index contributed by atoms with van der Waals surface area (Å²) in [6, 6.07) is 5.09. The van der Waals surface area contributed by atoms with Crippen LogP contribution in [-0.2, 0) is 4.79 Å². The highest BCUT2D eigenvalue weighted by Gasteiger charge is 2.32. The van der Waals surface area contributed by atoms with Crippen LogP contribution in [0.15, 0.2) is 23.3 Å².